The smallest absolute Gasteiger partial charge is 0.304 e. The lowest BCUT2D eigenvalue weighted by Crippen LogP contribution is -2.32. The highest BCUT2D eigenvalue weighted by Gasteiger charge is 2.23. The van der Waals surface area contributed by atoms with Crippen LogP contribution in [0.1, 0.15) is 48.9 Å². The SMILES string of the molecule is O=C(O)CC(CSCCNC1CCCCC1)C(=O)c1cccnc1. The lowest BCUT2D eigenvalue weighted by Gasteiger charge is -2.22. The summed E-state index contributed by atoms with van der Waals surface area (Å²) in [6, 6.07) is 4.03. The van der Waals surface area contributed by atoms with Crippen molar-refractivity contribution in [1.82, 2.24) is 10.3 Å². The van der Waals surface area contributed by atoms with Gasteiger partial charge in [-0.1, -0.05) is 19.3 Å². The molecule has 1 heterocycles. The molecule has 6 heteroatoms. The van der Waals surface area contributed by atoms with Gasteiger partial charge in [-0.3, -0.25) is 14.6 Å². The fourth-order valence-electron chi connectivity index (χ4n) is 3.05. The number of Topliss-reactive ketones (excluding diaryl/α,β-unsaturated/α-hetero) is 1. The van der Waals surface area contributed by atoms with Crippen molar-refractivity contribution < 1.29 is 14.7 Å². The predicted octanol–water partition coefficient (Wildman–Crippen LogP) is 3.01. The summed E-state index contributed by atoms with van der Waals surface area (Å²) in [6.45, 7) is 0.913. The molecule has 1 fully saturated rings. The molecule has 1 saturated carbocycles. The van der Waals surface area contributed by atoms with E-state index in [0.717, 1.165) is 12.3 Å². The van der Waals surface area contributed by atoms with Gasteiger partial charge in [-0.15, -0.1) is 0 Å². The Morgan fingerprint density at radius 1 is 1.33 bits per heavy atom. The van der Waals surface area contributed by atoms with Gasteiger partial charge >= 0.3 is 5.97 Å². The molecule has 24 heavy (non-hydrogen) atoms. The molecule has 1 aliphatic rings. The number of nitrogens with zero attached hydrogens (tertiary/aromatic N) is 1. The first-order valence-electron chi connectivity index (χ1n) is 8.64. The van der Waals surface area contributed by atoms with Gasteiger partial charge in [0, 0.05) is 48.0 Å². The third-order valence-corrected chi connectivity index (χ3v) is 5.47. The number of carboxylic acid groups (broad SMARTS) is 1. The summed E-state index contributed by atoms with van der Waals surface area (Å²) in [4.78, 5) is 27.5. The quantitative estimate of drug-likeness (QED) is 0.499. The van der Waals surface area contributed by atoms with E-state index < -0.39 is 11.9 Å². The zero-order valence-electron chi connectivity index (χ0n) is 13.9. The minimum Gasteiger partial charge on any atom is -0.481 e. The maximum atomic E-state index is 12.5. The third kappa shape index (κ3) is 6.61. The van der Waals surface area contributed by atoms with Crippen LogP contribution < -0.4 is 5.32 Å². The monoisotopic (exact) mass is 350 g/mol. The molecule has 1 aromatic heterocycles. The minimum atomic E-state index is -0.932. The van der Waals surface area contributed by atoms with Crippen molar-refractivity contribution in [2.24, 2.45) is 5.92 Å². The van der Waals surface area contributed by atoms with E-state index in [2.05, 4.69) is 10.3 Å². The lowest BCUT2D eigenvalue weighted by atomic mass is 9.96. The number of ketones is 1. The van der Waals surface area contributed by atoms with E-state index >= 15 is 0 Å². The van der Waals surface area contributed by atoms with Gasteiger partial charge in [-0.25, -0.2) is 0 Å². The molecule has 0 radical (unpaired) electrons. The van der Waals surface area contributed by atoms with Crippen LogP contribution in [0.2, 0.25) is 0 Å². The van der Waals surface area contributed by atoms with Gasteiger partial charge < -0.3 is 10.4 Å². The number of pyridine rings is 1. The highest BCUT2D eigenvalue weighted by molar-refractivity contribution is 7.99. The second kappa shape index (κ2) is 10.5. The first kappa shape index (κ1) is 18.9. The number of thioether (sulfide) groups is 1. The first-order chi connectivity index (χ1) is 11.7. The third-order valence-electron chi connectivity index (χ3n) is 4.34. The number of hydrogen-bond acceptors (Lipinski definition) is 5. The average molecular weight is 350 g/mol. The fourth-order valence-corrected chi connectivity index (χ4v) is 4.03. The van der Waals surface area contributed by atoms with Gasteiger partial charge in [0.25, 0.3) is 0 Å². The van der Waals surface area contributed by atoms with Crippen molar-refractivity contribution in [3.05, 3.63) is 30.1 Å². The van der Waals surface area contributed by atoms with Crippen molar-refractivity contribution >= 4 is 23.5 Å². The van der Waals surface area contributed by atoms with E-state index in [1.54, 1.807) is 30.1 Å². The number of carbonyl (C=O) groups is 2. The van der Waals surface area contributed by atoms with Gasteiger partial charge in [-0.05, 0) is 25.0 Å². The number of aromatic nitrogens is 1. The van der Waals surface area contributed by atoms with E-state index in [-0.39, 0.29) is 12.2 Å². The van der Waals surface area contributed by atoms with Gasteiger partial charge in [-0.2, -0.15) is 11.8 Å². The van der Waals surface area contributed by atoms with Gasteiger partial charge in [0.05, 0.1) is 6.42 Å². The summed E-state index contributed by atoms with van der Waals surface area (Å²) >= 11 is 1.65. The van der Waals surface area contributed by atoms with E-state index in [4.69, 9.17) is 5.11 Å². The molecule has 0 aliphatic heterocycles. The molecule has 0 amide bonds. The Labute approximate surface area is 147 Å². The second-order valence-electron chi connectivity index (χ2n) is 6.26. The number of nitrogens with one attached hydrogen (secondary N) is 1. The zero-order chi connectivity index (χ0) is 17.2. The van der Waals surface area contributed by atoms with Crippen molar-refractivity contribution in [2.45, 2.75) is 44.6 Å². The first-order valence-corrected chi connectivity index (χ1v) is 9.79. The Morgan fingerprint density at radius 2 is 2.12 bits per heavy atom. The average Bonchev–Trinajstić information content (AvgIpc) is 2.61. The van der Waals surface area contributed by atoms with E-state index in [1.807, 2.05) is 0 Å². The van der Waals surface area contributed by atoms with E-state index in [1.165, 1.54) is 38.3 Å². The summed E-state index contributed by atoms with van der Waals surface area (Å²) in [7, 11) is 0. The van der Waals surface area contributed by atoms with Crippen molar-refractivity contribution in [3.8, 4) is 0 Å². The molecule has 1 atom stereocenters. The topological polar surface area (TPSA) is 79.3 Å². The summed E-state index contributed by atoms with van der Waals surface area (Å²) in [6.07, 6.45) is 9.46. The Balaban J connectivity index is 1.74. The van der Waals surface area contributed by atoms with Crippen LogP contribution in [0.5, 0.6) is 0 Å². The molecule has 0 spiro atoms. The zero-order valence-corrected chi connectivity index (χ0v) is 14.8. The predicted molar refractivity (Wildman–Crippen MR) is 96.5 cm³/mol. The standard InChI is InChI=1S/C18H26N2O3S/c21-17(22)11-15(18(23)14-5-4-8-19-12-14)13-24-10-9-20-16-6-2-1-3-7-16/h4-5,8,12,15-16,20H,1-3,6-7,9-11,13H2,(H,21,22). The molecule has 1 aliphatic carbocycles. The van der Waals surface area contributed by atoms with Crippen LogP contribution in [0.4, 0.5) is 0 Å². The van der Waals surface area contributed by atoms with Crippen LogP contribution in [0.25, 0.3) is 0 Å². The van der Waals surface area contributed by atoms with Crippen molar-refractivity contribution in [3.63, 3.8) is 0 Å². The molecular formula is C18H26N2O3S. The molecule has 2 N–H and O–H groups in total. The number of hydrogen-bond donors (Lipinski definition) is 2. The summed E-state index contributed by atoms with van der Waals surface area (Å²) in [5.74, 6) is -0.123. The summed E-state index contributed by atoms with van der Waals surface area (Å²) in [5.41, 5.74) is 0.490. The van der Waals surface area contributed by atoms with Crippen LogP contribution in [0.15, 0.2) is 24.5 Å². The minimum absolute atomic E-state index is 0.127. The highest BCUT2D eigenvalue weighted by atomic mass is 32.2. The van der Waals surface area contributed by atoms with Gasteiger partial charge in [0.2, 0.25) is 0 Å². The summed E-state index contributed by atoms with van der Waals surface area (Å²) < 4.78 is 0. The van der Waals surface area contributed by atoms with Crippen LogP contribution in [-0.2, 0) is 4.79 Å². The largest absolute Gasteiger partial charge is 0.481 e. The van der Waals surface area contributed by atoms with Gasteiger partial charge in [0.1, 0.15) is 0 Å². The maximum absolute atomic E-state index is 12.5. The Hall–Kier alpha value is -1.40. The van der Waals surface area contributed by atoms with Crippen LogP contribution >= 0.6 is 11.8 Å². The second-order valence-corrected chi connectivity index (χ2v) is 7.41. The van der Waals surface area contributed by atoms with Crippen molar-refractivity contribution in [1.29, 1.82) is 0 Å². The molecule has 1 aromatic rings. The van der Waals surface area contributed by atoms with Gasteiger partial charge in [0.15, 0.2) is 5.78 Å². The number of carboxylic acids is 1. The molecule has 5 nitrogen and oxygen atoms in total. The molecule has 0 saturated heterocycles. The van der Waals surface area contributed by atoms with Crippen LogP contribution in [-0.4, -0.2) is 45.9 Å². The Kier molecular flexibility index (Phi) is 8.25. The molecule has 2 rings (SSSR count). The number of carbonyl (C=O) groups excluding carboxylic acids is 1. The molecule has 0 bridgehead atoms. The molecular weight excluding hydrogens is 324 g/mol. The normalized spacial score (nSPS) is 16.7. The van der Waals surface area contributed by atoms with E-state index in [0.29, 0.717) is 17.4 Å². The van der Waals surface area contributed by atoms with E-state index in [9.17, 15) is 9.59 Å². The lowest BCUT2D eigenvalue weighted by molar-refractivity contribution is -0.137. The highest BCUT2D eigenvalue weighted by Crippen LogP contribution is 2.19. The maximum Gasteiger partial charge on any atom is 0.304 e. The number of aliphatic carboxylic acids is 1. The Morgan fingerprint density at radius 3 is 2.79 bits per heavy atom. The fraction of sp³-hybridized carbons (Fsp3) is 0.611. The molecule has 132 valence electrons. The van der Waals surface area contributed by atoms with Crippen LogP contribution in [0.3, 0.4) is 0 Å². The number of rotatable bonds is 10. The van der Waals surface area contributed by atoms with Crippen LogP contribution in [0, 0.1) is 5.92 Å². The molecule has 1 unspecified atom stereocenters. The summed E-state index contributed by atoms with van der Waals surface area (Å²) in [5, 5.41) is 12.6. The Bertz CT molecular complexity index is 518. The molecule has 0 aromatic carbocycles. The van der Waals surface area contributed by atoms with Crippen molar-refractivity contribution in [2.75, 3.05) is 18.1 Å².